The molecular formula is C9H10INO6S2. The van der Waals surface area contributed by atoms with Crippen molar-refractivity contribution < 1.29 is 26.7 Å². The molecular weight excluding hydrogens is 409 g/mol. The van der Waals surface area contributed by atoms with Crippen molar-refractivity contribution in [2.45, 2.75) is 0 Å². The molecule has 0 bridgehead atoms. The maximum atomic E-state index is 11.6. The Bertz CT molecular complexity index is 710. The number of hydrogen-bond donors (Lipinski definition) is 2. The molecule has 0 amide bonds. The Hall–Kier alpha value is -0.880. The summed E-state index contributed by atoms with van der Waals surface area (Å²) in [5.74, 6) is -1.31. The van der Waals surface area contributed by atoms with E-state index >= 15 is 0 Å². The van der Waals surface area contributed by atoms with Gasteiger partial charge in [0, 0.05) is 9.83 Å². The monoisotopic (exact) mass is 419 g/mol. The lowest BCUT2D eigenvalue weighted by Gasteiger charge is -2.10. The van der Waals surface area contributed by atoms with Crippen molar-refractivity contribution in [2.75, 3.05) is 16.1 Å². The summed E-state index contributed by atoms with van der Waals surface area (Å²) in [6.07, 6.45) is 0.776. The normalized spacial score (nSPS) is 12.1. The molecule has 0 saturated carbocycles. The molecule has 0 spiro atoms. The zero-order chi connectivity index (χ0) is 14.8. The van der Waals surface area contributed by atoms with E-state index in [9.17, 15) is 21.6 Å². The van der Waals surface area contributed by atoms with Crippen molar-refractivity contribution in [3.8, 4) is 0 Å². The van der Waals surface area contributed by atoms with E-state index in [0.717, 1.165) is 6.26 Å². The van der Waals surface area contributed by atoms with Gasteiger partial charge in [-0.3, -0.25) is 4.72 Å². The van der Waals surface area contributed by atoms with Gasteiger partial charge in [-0.15, -0.1) is 0 Å². The SMILES string of the molecule is CS(=O)(=O)CS(=O)(=O)Nc1ccc(I)cc1C(=O)O. The van der Waals surface area contributed by atoms with Crippen molar-refractivity contribution in [3.05, 3.63) is 27.3 Å². The van der Waals surface area contributed by atoms with Crippen molar-refractivity contribution in [3.63, 3.8) is 0 Å². The fraction of sp³-hybridized carbons (Fsp3) is 0.222. The molecule has 0 aromatic heterocycles. The van der Waals surface area contributed by atoms with Crippen LogP contribution in [0.1, 0.15) is 10.4 Å². The lowest BCUT2D eigenvalue weighted by molar-refractivity contribution is 0.0698. The Kier molecular flexibility index (Phi) is 4.79. The van der Waals surface area contributed by atoms with Gasteiger partial charge >= 0.3 is 5.97 Å². The number of carboxylic acids is 1. The first-order valence-corrected chi connectivity index (χ1v) is 9.50. The van der Waals surface area contributed by atoms with Gasteiger partial charge in [-0.05, 0) is 40.8 Å². The zero-order valence-electron chi connectivity index (χ0n) is 9.62. The largest absolute Gasteiger partial charge is 0.478 e. The van der Waals surface area contributed by atoms with E-state index in [-0.39, 0.29) is 11.3 Å². The third-order valence-electron chi connectivity index (χ3n) is 1.85. The first kappa shape index (κ1) is 16.2. The molecule has 1 rings (SSSR count). The van der Waals surface area contributed by atoms with Crippen LogP contribution < -0.4 is 4.72 Å². The Morgan fingerprint density at radius 3 is 2.37 bits per heavy atom. The van der Waals surface area contributed by atoms with Crippen LogP contribution in [0.25, 0.3) is 0 Å². The minimum absolute atomic E-state index is 0.170. The maximum Gasteiger partial charge on any atom is 0.337 e. The number of sulfonamides is 1. The van der Waals surface area contributed by atoms with Crippen molar-refractivity contribution >= 4 is 54.1 Å². The van der Waals surface area contributed by atoms with Crippen molar-refractivity contribution in [2.24, 2.45) is 0 Å². The maximum absolute atomic E-state index is 11.6. The molecule has 0 aliphatic rings. The van der Waals surface area contributed by atoms with Crippen molar-refractivity contribution in [1.82, 2.24) is 0 Å². The zero-order valence-corrected chi connectivity index (χ0v) is 13.4. The smallest absolute Gasteiger partial charge is 0.337 e. The highest BCUT2D eigenvalue weighted by Crippen LogP contribution is 2.20. The van der Waals surface area contributed by atoms with E-state index in [2.05, 4.69) is 0 Å². The lowest BCUT2D eigenvalue weighted by atomic mass is 10.2. The summed E-state index contributed by atoms with van der Waals surface area (Å²) in [7, 11) is -7.91. The van der Waals surface area contributed by atoms with E-state index in [4.69, 9.17) is 5.11 Å². The quantitative estimate of drug-likeness (QED) is 0.680. The molecule has 0 atom stereocenters. The molecule has 0 radical (unpaired) electrons. The van der Waals surface area contributed by atoms with Crippen LogP contribution in [0.2, 0.25) is 0 Å². The molecule has 7 nitrogen and oxygen atoms in total. The fourth-order valence-electron chi connectivity index (χ4n) is 1.26. The molecule has 0 fully saturated rings. The van der Waals surface area contributed by atoms with Crippen molar-refractivity contribution in [1.29, 1.82) is 0 Å². The van der Waals surface area contributed by atoms with Gasteiger partial charge in [-0.25, -0.2) is 21.6 Å². The van der Waals surface area contributed by atoms with Gasteiger partial charge in [0.25, 0.3) is 0 Å². The third kappa shape index (κ3) is 5.32. The lowest BCUT2D eigenvalue weighted by Crippen LogP contribution is -2.23. The van der Waals surface area contributed by atoms with Crippen LogP contribution in [0.15, 0.2) is 18.2 Å². The van der Waals surface area contributed by atoms with E-state index in [1.165, 1.54) is 18.2 Å². The minimum Gasteiger partial charge on any atom is -0.478 e. The topological polar surface area (TPSA) is 118 Å². The van der Waals surface area contributed by atoms with Gasteiger partial charge in [-0.1, -0.05) is 0 Å². The number of sulfone groups is 1. The number of nitrogens with one attached hydrogen (secondary N) is 1. The summed E-state index contributed by atoms with van der Waals surface area (Å²) in [6.45, 7) is 0. The van der Waals surface area contributed by atoms with Gasteiger partial charge in [0.15, 0.2) is 14.9 Å². The molecule has 0 saturated heterocycles. The molecule has 0 aliphatic heterocycles. The average Bonchev–Trinajstić information content (AvgIpc) is 2.16. The summed E-state index contributed by atoms with van der Waals surface area (Å²) in [4.78, 5) is 11.0. The summed E-state index contributed by atoms with van der Waals surface area (Å²) >= 11 is 1.88. The molecule has 10 heteroatoms. The molecule has 19 heavy (non-hydrogen) atoms. The van der Waals surface area contributed by atoms with E-state index in [0.29, 0.717) is 3.57 Å². The minimum atomic E-state index is -4.16. The second-order valence-corrected chi connectivity index (χ2v) is 9.23. The fourth-order valence-corrected chi connectivity index (χ4v) is 4.76. The molecule has 0 aliphatic carbocycles. The Labute approximate surface area is 124 Å². The van der Waals surface area contributed by atoms with Gasteiger partial charge < -0.3 is 5.11 Å². The van der Waals surface area contributed by atoms with Gasteiger partial charge in [0.1, 0.15) is 0 Å². The van der Waals surface area contributed by atoms with E-state index in [1.807, 2.05) is 27.3 Å². The highest BCUT2D eigenvalue weighted by atomic mass is 127. The Balaban J connectivity index is 3.17. The Morgan fingerprint density at radius 2 is 1.89 bits per heavy atom. The number of rotatable bonds is 5. The molecule has 1 aromatic rings. The summed E-state index contributed by atoms with van der Waals surface area (Å²) < 4.78 is 47.7. The van der Waals surface area contributed by atoms with Crippen LogP contribution in [0.4, 0.5) is 5.69 Å². The van der Waals surface area contributed by atoms with Crippen LogP contribution >= 0.6 is 22.6 Å². The third-order valence-corrected chi connectivity index (χ3v) is 6.00. The van der Waals surface area contributed by atoms with Crippen LogP contribution in [-0.4, -0.2) is 39.3 Å². The van der Waals surface area contributed by atoms with E-state index < -0.39 is 30.9 Å². The molecule has 0 heterocycles. The van der Waals surface area contributed by atoms with Crippen LogP contribution in [-0.2, 0) is 19.9 Å². The standard InChI is InChI=1S/C9H10INO6S2/c1-18(14,15)5-19(16,17)11-8-3-2-6(10)4-7(8)9(12)13/h2-4,11H,5H2,1H3,(H,12,13). The summed E-state index contributed by atoms with van der Waals surface area (Å²) in [5.41, 5.74) is -0.416. The molecule has 106 valence electrons. The number of benzene rings is 1. The second-order valence-electron chi connectivity index (χ2n) is 3.76. The number of aromatic carboxylic acids is 1. The Morgan fingerprint density at radius 1 is 1.32 bits per heavy atom. The first-order valence-electron chi connectivity index (χ1n) is 4.71. The predicted molar refractivity (Wildman–Crippen MR) is 78.4 cm³/mol. The number of carboxylic acid groups (broad SMARTS) is 1. The predicted octanol–water partition coefficient (Wildman–Crippen LogP) is 0.733. The number of halogens is 1. The average molecular weight is 419 g/mol. The highest BCUT2D eigenvalue weighted by Gasteiger charge is 2.21. The van der Waals surface area contributed by atoms with Gasteiger partial charge in [0.2, 0.25) is 10.0 Å². The van der Waals surface area contributed by atoms with Crippen LogP contribution in [0.3, 0.4) is 0 Å². The molecule has 2 N–H and O–H groups in total. The summed E-state index contributed by atoms with van der Waals surface area (Å²) in [5, 5.41) is 7.86. The molecule has 1 aromatic carbocycles. The molecule has 0 unspecified atom stereocenters. The van der Waals surface area contributed by atoms with Crippen LogP contribution in [0.5, 0.6) is 0 Å². The highest BCUT2D eigenvalue weighted by molar-refractivity contribution is 14.1. The first-order chi connectivity index (χ1) is 8.50. The van der Waals surface area contributed by atoms with E-state index in [1.54, 1.807) is 0 Å². The van der Waals surface area contributed by atoms with Crippen LogP contribution in [0, 0.1) is 3.57 Å². The number of carbonyl (C=O) groups is 1. The second kappa shape index (κ2) is 5.63. The van der Waals surface area contributed by atoms with Gasteiger partial charge in [0.05, 0.1) is 11.3 Å². The number of anilines is 1. The summed E-state index contributed by atoms with van der Waals surface area (Å²) in [6, 6.07) is 4.05. The number of hydrogen-bond acceptors (Lipinski definition) is 5. The van der Waals surface area contributed by atoms with Gasteiger partial charge in [-0.2, -0.15) is 0 Å².